The first-order chi connectivity index (χ1) is 8.88. The van der Waals surface area contributed by atoms with Gasteiger partial charge in [0.15, 0.2) is 5.82 Å². The number of thioether (sulfide) groups is 1. The van der Waals surface area contributed by atoms with Gasteiger partial charge in [-0.1, -0.05) is 17.3 Å². The first-order valence-corrected chi connectivity index (χ1v) is 7.31. The number of hydrogen-bond acceptors (Lipinski definition) is 5. The summed E-state index contributed by atoms with van der Waals surface area (Å²) in [6.45, 7) is 1.04. The smallest absolute Gasteiger partial charge is 0.259 e. The van der Waals surface area contributed by atoms with Crippen molar-refractivity contribution in [2.75, 3.05) is 12.8 Å². The second-order valence-electron chi connectivity index (χ2n) is 4.31. The van der Waals surface area contributed by atoms with Crippen molar-refractivity contribution in [3.8, 4) is 11.5 Å². The molecule has 5 heteroatoms. The highest BCUT2D eigenvalue weighted by atomic mass is 32.2. The van der Waals surface area contributed by atoms with Gasteiger partial charge in [0.05, 0.1) is 11.6 Å². The highest BCUT2D eigenvalue weighted by molar-refractivity contribution is 7.98. The number of aromatic nitrogens is 2. The van der Waals surface area contributed by atoms with Crippen LogP contribution in [0.4, 0.5) is 0 Å². The lowest BCUT2D eigenvalue weighted by atomic mass is 10.2. The summed E-state index contributed by atoms with van der Waals surface area (Å²) in [5, 5.41) is 7.47. The van der Waals surface area contributed by atoms with Crippen LogP contribution in [0.2, 0.25) is 0 Å². The van der Waals surface area contributed by atoms with Gasteiger partial charge in [0.25, 0.3) is 5.89 Å². The molecule has 1 aliphatic rings. The Balaban J connectivity index is 1.92. The van der Waals surface area contributed by atoms with Crippen molar-refractivity contribution < 1.29 is 4.52 Å². The molecule has 1 aromatic carbocycles. The van der Waals surface area contributed by atoms with E-state index in [-0.39, 0.29) is 6.04 Å². The Hall–Kier alpha value is -1.33. The number of rotatable bonds is 3. The highest BCUT2D eigenvalue weighted by Crippen LogP contribution is 2.30. The summed E-state index contributed by atoms with van der Waals surface area (Å²) in [5.41, 5.74) is 1.02. The fourth-order valence-corrected chi connectivity index (χ4v) is 2.80. The van der Waals surface area contributed by atoms with Crippen LogP contribution in [-0.4, -0.2) is 22.9 Å². The summed E-state index contributed by atoms with van der Waals surface area (Å²) in [6, 6.07) is 8.35. The Kier molecular flexibility index (Phi) is 3.34. The maximum atomic E-state index is 5.39. The van der Waals surface area contributed by atoms with Crippen LogP contribution in [0.15, 0.2) is 33.7 Å². The summed E-state index contributed by atoms with van der Waals surface area (Å²) in [6.07, 6.45) is 4.31. The quantitative estimate of drug-likeness (QED) is 0.861. The molecule has 1 N–H and O–H groups in total. The topological polar surface area (TPSA) is 51.0 Å². The van der Waals surface area contributed by atoms with Gasteiger partial charge >= 0.3 is 0 Å². The van der Waals surface area contributed by atoms with Crippen molar-refractivity contribution in [1.29, 1.82) is 0 Å². The first-order valence-electron chi connectivity index (χ1n) is 6.09. The fraction of sp³-hybridized carbons (Fsp3) is 0.385. The molecule has 18 heavy (non-hydrogen) atoms. The van der Waals surface area contributed by atoms with E-state index in [1.165, 1.54) is 6.42 Å². The third-order valence-electron chi connectivity index (χ3n) is 3.15. The molecule has 3 rings (SSSR count). The molecular weight excluding hydrogens is 246 g/mol. The molecule has 1 unspecified atom stereocenters. The third-order valence-corrected chi connectivity index (χ3v) is 3.95. The molecule has 2 heterocycles. The van der Waals surface area contributed by atoms with Crippen molar-refractivity contribution in [3.05, 3.63) is 30.1 Å². The minimum absolute atomic E-state index is 0.254. The zero-order chi connectivity index (χ0) is 12.4. The van der Waals surface area contributed by atoms with Crippen LogP contribution in [0.25, 0.3) is 11.5 Å². The van der Waals surface area contributed by atoms with Gasteiger partial charge in [-0.15, -0.1) is 11.8 Å². The number of hydrogen-bond donors (Lipinski definition) is 1. The van der Waals surface area contributed by atoms with E-state index in [4.69, 9.17) is 4.52 Å². The molecule has 1 atom stereocenters. The van der Waals surface area contributed by atoms with E-state index in [0.717, 1.165) is 29.2 Å². The lowest BCUT2D eigenvalue weighted by molar-refractivity contribution is 0.411. The van der Waals surface area contributed by atoms with Crippen molar-refractivity contribution in [2.24, 2.45) is 0 Å². The predicted octanol–water partition coefficient (Wildman–Crippen LogP) is 2.88. The first kappa shape index (κ1) is 11.7. The lowest BCUT2D eigenvalue weighted by Crippen LogP contribution is -2.14. The number of nitrogens with zero attached hydrogens (tertiary/aromatic N) is 2. The molecule has 4 nitrogen and oxygen atoms in total. The largest absolute Gasteiger partial charge is 0.334 e. The summed E-state index contributed by atoms with van der Waals surface area (Å²) in [7, 11) is 0. The normalized spacial score (nSPS) is 19.3. The van der Waals surface area contributed by atoms with Crippen molar-refractivity contribution in [2.45, 2.75) is 23.8 Å². The SMILES string of the molecule is CSc1ccccc1-c1nc(C2CCCN2)no1. The van der Waals surface area contributed by atoms with Crippen LogP contribution in [0, 0.1) is 0 Å². The predicted molar refractivity (Wildman–Crippen MR) is 71.5 cm³/mol. The van der Waals surface area contributed by atoms with E-state index in [1.54, 1.807) is 11.8 Å². The monoisotopic (exact) mass is 261 g/mol. The van der Waals surface area contributed by atoms with Gasteiger partial charge < -0.3 is 9.84 Å². The van der Waals surface area contributed by atoms with Crippen LogP contribution < -0.4 is 5.32 Å². The van der Waals surface area contributed by atoms with Gasteiger partial charge in [0.1, 0.15) is 0 Å². The standard InChI is InChI=1S/C13H15N3OS/c1-18-11-7-3-2-5-9(11)13-15-12(16-17-13)10-6-4-8-14-10/h2-3,5,7,10,14H,4,6,8H2,1H3. The molecule has 0 saturated carbocycles. The molecule has 0 bridgehead atoms. The van der Waals surface area contributed by atoms with Gasteiger partial charge in [0.2, 0.25) is 0 Å². The Morgan fingerprint density at radius 2 is 2.28 bits per heavy atom. The molecule has 1 aromatic heterocycles. The Labute approximate surface area is 110 Å². The van der Waals surface area contributed by atoms with Crippen molar-refractivity contribution in [3.63, 3.8) is 0 Å². The number of nitrogens with one attached hydrogen (secondary N) is 1. The van der Waals surface area contributed by atoms with E-state index in [9.17, 15) is 0 Å². The summed E-state index contributed by atoms with van der Waals surface area (Å²) < 4.78 is 5.39. The second kappa shape index (κ2) is 5.12. The molecule has 0 spiro atoms. The van der Waals surface area contributed by atoms with Crippen LogP contribution >= 0.6 is 11.8 Å². The highest BCUT2D eigenvalue weighted by Gasteiger charge is 2.22. The molecule has 0 radical (unpaired) electrons. The van der Waals surface area contributed by atoms with Crippen LogP contribution in [0.5, 0.6) is 0 Å². The summed E-state index contributed by atoms with van der Waals surface area (Å²) in [4.78, 5) is 5.68. The average Bonchev–Trinajstić information content (AvgIpc) is 3.09. The molecule has 1 fully saturated rings. The third kappa shape index (κ3) is 2.15. The zero-order valence-electron chi connectivity index (χ0n) is 10.2. The molecular formula is C13H15N3OS. The molecule has 1 aliphatic heterocycles. The minimum atomic E-state index is 0.254. The molecule has 94 valence electrons. The van der Waals surface area contributed by atoms with Crippen molar-refractivity contribution in [1.82, 2.24) is 15.5 Å². The summed E-state index contributed by atoms with van der Waals surface area (Å²) in [5.74, 6) is 1.39. The number of benzene rings is 1. The van der Waals surface area contributed by atoms with Crippen LogP contribution in [0.3, 0.4) is 0 Å². The zero-order valence-corrected chi connectivity index (χ0v) is 11.0. The minimum Gasteiger partial charge on any atom is -0.334 e. The molecule has 0 amide bonds. The van der Waals surface area contributed by atoms with Gasteiger partial charge in [0, 0.05) is 4.90 Å². The fourth-order valence-electron chi connectivity index (χ4n) is 2.21. The van der Waals surface area contributed by atoms with E-state index in [1.807, 2.05) is 18.2 Å². The Bertz CT molecular complexity index is 535. The lowest BCUT2D eigenvalue weighted by Gasteiger charge is -2.02. The van der Waals surface area contributed by atoms with Gasteiger partial charge in [-0.25, -0.2) is 0 Å². The molecule has 2 aromatic rings. The molecule has 0 aliphatic carbocycles. The van der Waals surface area contributed by atoms with Gasteiger partial charge in [-0.2, -0.15) is 4.98 Å². The van der Waals surface area contributed by atoms with E-state index < -0.39 is 0 Å². The summed E-state index contributed by atoms with van der Waals surface area (Å²) >= 11 is 1.69. The Morgan fingerprint density at radius 3 is 3.06 bits per heavy atom. The maximum Gasteiger partial charge on any atom is 0.259 e. The molecule has 1 saturated heterocycles. The van der Waals surface area contributed by atoms with Crippen LogP contribution in [-0.2, 0) is 0 Å². The van der Waals surface area contributed by atoms with Gasteiger partial charge in [-0.3, -0.25) is 0 Å². The van der Waals surface area contributed by atoms with E-state index >= 15 is 0 Å². The van der Waals surface area contributed by atoms with E-state index in [2.05, 4.69) is 27.8 Å². The van der Waals surface area contributed by atoms with Gasteiger partial charge in [-0.05, 0) is 37.8 Å². The second-order valence-corrected chi connectivity index (χ2v) is 5.16. The average molecular weight is 261 g/mol. The maximum absolute atomic E-state index is 5.39. The van der Waals surface area contributed by atoms with Crippen molar-refractivity contribution >= 4 is 11.8 Å². The Morgan fingerprint density at radius 1 is 1.39 bits per heavy atom. The van der Waals surface area contributed by atoms with E-state index in [0.29, 0.717) is 5.89 Å². The van der Waals surface area contributed by atoms with Crippen LogP contribution in [0.1, 0.15) is 24.7 Å².